The Morgan fingerprint density at radius 1 is 0.390 bits per heavy atom. The number of carbonyl (C=O) groups excluding carboxylic acids is 4. The maximum Gasteiger partial charge on any atom is 0.448 e. The first-order valence-electron chi connectivity index (χ1n) is 9.29. The van der Waals surface area contributed by atoms with Gasteiger partial charge in [0.15, 0.2) is 23.1 Å². The average molecular weight is 854 g/mol. The third-order valence-corrected chi connectivity index (χ3v) is 2.52. The van der Waals surface area contributed by atoms with E-state index in [4.69, 9.17) is 20.4 Å². The van der Waals surface area contributed by atoms with Gasteiger partial charge in [-0.1, -0.05) is 0 Å². The quantitative estimate of drug-likeness (QED) is 0.146. The molecule has 0 aromatic carbocycles. The molecule has 0 aromatic heterocycles. The van der Waals surface area contributed by atoms with Gasteiger partial charge in [0.05, 0.1) is 0 Å². The van der Waals surface area contributed by atoms with E-state index in [2.05, 4.69) is 0 Å². The zero-order chi connectivity index (χ0) is 33.4. The van der Waals surface area contributed by atoms with Crippen LogP contribution in [0.25, 0.3) is 0 Å². The zero-order valence-corrected chi connectivity index (χ0v) is 24.9. The van der Waals surface area contributed by atoms with Gasteiger partial charge in [0.1, 0.15) is 0 Å². The van der Waals surface area contributed by atoms with E-state index >= 15 is 0 Å². The van der Waals surface area contributed by atoms with Gasteiger partial charge in [0.2, 0.25) is 23.0 Å². The van der Waals surface area contributed by atoms with Crippen LogP contribution in [-0.4, -0.2) is 68.3 Å². The van der Waals surface area contributed by atoms with Crippen molar-refractivity contribution in [1.29, 1.82) is 0 Å². The van der Waals surface area contributed by atoms with Crippen LogP contribution in [-0.2, 0) is 19.2 Å². The molecule has 0 fully saturated rings. The molecule has 0 atom stereocenters. The minimum absolute atomic E-state index is 0. The van der Waals surface area contributed by atoms with E-state index in [1.54, 1.807) is 0 Å². The van der Waals surface area contributed by atoms with Crippen molar-refractivity contribution in [3.8, 4) is 0 Å². The summed E-state index contributed by atoms with van der Waals surface area (Å²) in [6.45, 7) is 3.67. The second-order valence-electron chi connectivity index (χ2n) is 6.55. The molecule has 0 saturated carbocycles. The molecule has 0 aliphatic heterocycles. The predicted molar refractivity (Wildman–Crippen MR) is 110 cm³/mol. The van der Waals surface area contributed by atoms with Gasteiger partial charge in [0, 0.05) is 55.4 Å². The zero-order valence-electron chi connectivity index (χ0n) is 20.8. The van der Waals surface area contributed by atoms with E-state index in [0.717, 1.165) is 27.7 Å². The summed E-state index contributed by atoms with van der Waals surface area (Å²) >= 11 is 0. The number of ketones is 4. The third-order valence-electron chi connectivity index (χ3n) is 2.52. The maximum atomic E-state index is 11.3. The van der Waals surface area contributed by atoms with Crippen molar-refractivity contribution in [3.05, 3.63) is 47.3 Å². The fourth-order valence-electron chi connectivity index (χ4n) is 1.10. The minimum atomic E-state index is -4.81. The first-order chi connectivity index (χ1) is 17.3. The fourth-order valence-corrected chi connectivity index (χ4v) is 1.10. The van der Waals surface area contributed by atoms with Gasteiger partial charge in [0.25, 0.3) is 0 Å². The number of aliphatic hydroxyl groups excluding tert-OH is 4. The first-order valence-corrected chi connectivity index (χ1v) is 9.29. The molecule has 236 valence electrons. The van der Waals surface area contributed by atoms with E-state index in [1.165, 1.54) is 0 Å². The molecule has 4 N–H and O–H groups in total. The number of aliphatic hydroxyl groups is 4. The van der Waals surface area contributed by atoms with Gasteiger partial charge < -0.3 is 20.4 Å². The number of halogens is 12. The Labute approximate surface area is 246 Å². The molecular weight excluding hydrogens is 834 g/mol. The Balaban J connectivity index is -0.000000139. The van der Waals surface area contributed by atoms with Crippen molar-refractivity contribution in [2.24, 2.45) is 0 Å². The molecule has 0 bridgehead atoms. The number of alkyl halides is 12. The van der Waals surface area contributed by atoms with E-state index in [1.807, 2.05) is 0 Å². The maximum absolute atomic E-state index is 11.3. The summed E-state index contributed by atoms with van der Waals surface area (Å²) in [5.41, 5.74) is 0. The topological polar surface area (TPSA) is 149 Å². The number of hydrogen-bond donors (Lipinski definition) is 4. The molecule has 0 aliphatic rings. The smallest absolute Gasteiger partial charge is 0.448 e. The van der Waals surface area contributed by atoms with Crippen LogP contribution < -0.4 is 0 Å². The largest absolute Gasteiger partial charge is 0.504 e. The van der Waals surface area contributed by atoms with E-state index in [-0.39, 0.29) is 55.4 Å². The van der Waals surface area contributed by atoms with E-state index in [0.29, 0.717) is 0 Å². The number of hydrogen-bond acceptors (Lipinski definition) is 8. The number of allylic oxidation sites excluding steroid dienone is 8. The Hall–Kier alpha value is -2.95. The SMILES string of the molecule is CC(=O)/C=C(\O)C(F)(F)F.CC(=O)/C=C(\O)C(F)(F)F.CC(=O)/C=C(\O)C(F)(F)F.CC(=O)/C=C(\O)C(F)(F)F.[U]. The summed E-state index contributed by atoms with van der Waals surface area (Å²) in [5, 5.41) is 32.3. The van der Waals surface area contributed by atoms with E-state index in [9.17, 15) is 71.9 Å². The monoisotopic (exact) mass is 854 g/mol. The van der Waals surface area contributed by atoms with Crippen LogP contribution in [0.2, 0.25) is 0 Å². The van der Waals surface area contributed by atoms with Crippen LogP contribution in [0.5, 0.6) is 0 Å². The van der Waals surface area contributed by atoms with Gasteiger partial charge in [-0.05, 0) is 27.7 Å². The molecule has 0 aliphatic carbocycles. The van der Waals surface area contributed by atoms with Gasteiger partial charge in [-0.2, -0.15) is 52.7 Å². The van der Waals surface area contributed by atoms with Crippen LogP contribution in [0.3, 0.4) is 0 Å². The molecule has 21 heteroatoms. The summed E-state index contributed by atoms with van der Waals surface area (Å²) < 4.78 is 136. The molecular formula is C20H20F12O8U. The van der Waals surface area contributed by atoms with Crippen molar-refractivity contribution < 1.29 is 123 Å². The molecule has 0 radical (unpaired) electrons. The molecule has 0 saturated heterocycles. The summed E-state index contributed by atoms with van der Waals surface area (Å²) in [5.74, 6) is -10.8. The van der Waals surface area contributed by atoms with Crippen molar-refractivity contribution in [3.63, 3.8) is 0 Å². The van der Waals surface area contributed by atoms with Gasteiger partial charge in [-0.15, -0.1) is 0 Å². The van der Waals surface area contributed by atoms with Crippen molar-refractivity contribution in [2.45, 2.75) is 52.4 Å². The molecule has 0 heterocycles. The van der Waals surface area contributed by atoms with Crippen molar-refractivity contribution >= 4 is 23.1 Å². The van der Waals surface area contributed by atoms with Crippen LogP contribution in [0.1, 0.15) is 27.7 Å². The predicted octanol–water partition coefficient (Wildman–Crippen LogP) is 6.32. The summed E-state index contributed by atoms with van der Waals surface area (Å²) in [6, 6.07) is 0. The molecule has 0 rings (SSSR count). The standard InChI is InChI=1S/4C5H5F3O2.U/c4*1-3(9)2-4(10)5(6,7)8;/h4*2,10H,1H3;/b4*4-2-;. The first kappa shape index (κ1) is 47.8. The normalized spacial score (nSPS) is 13.1. The molecule has 0 spiro atoms. The molecule has 41 heavy (non-hydrogen) atoms. The molecule has 8 nitrogen and oxygen atoms in total. The molecule has 0 unspecified atom stereocenters. The second-order valence-corrected chi connectivity index (χ2v) is 6.55. The van der Waals surface area contributed by atoms with Crippen LogP contribution in [0, 0.1) is 31.1 Å². The third kappa shape index (κ3) is 33.2. The van der Waals surface area contributed by atoms with Crippen molar-refractivity contribution in [2.75, 3.05) is 0 Å². The molecule has 0 aromatic rings. The van der Waals surface area contributed by atoms with Crippen LogP contribution in [0.4, 0.5) is 52.7 Å². The summed E-state index contributed by atoms with van der Waals surface area (Å²) in [7, 11) is 0. The number of carbonyl (C=O) groups is 4. The van der Waals surface area contributed by atoms with Crippen molar-refractivity contribution in [1.82, 2.24) is 0 Å². The Kier molecular flexibility index (Phi) is 23.3. The fraction of sp³-hybridized carbons (Fsp3) is 0.400. The van der Waals surface area contributed by atoms with E-state index < -0.39 is 70.9 Å². The van der Waals surface area contributed by atoms with Crippen LogP contribution in [0.15, 0.2) is 47.3 Å². The van der Waals surface area contributed by atoms with Gasteiger partial charge in [-0.3, -0.25) is 19.2 Å². The van der Waals surface area contributed by atoms with Gasteiger partial charge in [-0.25, -0.2) is 0 Å². The Morgan fingerprint density at radius 2 is 0.488 bits per heavy atom. The Morgan fingerprint density at radius 3 is 0.512 bits per heavy atom. The minimum Gasteiger partial charge on any atom is -0.504 e. The second kappa shape index (κ2) is 20.0. The number of rotatable bonds is 4. The average Bonchev–Trinajstić information content (AvgIpc) is 2.64. The summed E-state index contributed by atoms with van der Waals surface area (Å²) in [4.78, 5) is 39.9. The summed E-state index contributed by atoms with van der Waals surface area (Å²) in [6.07, 6.45) is -18.8. The Bertz CT molecular complexity index is 840. The van der Waals surface area contributed by atoms with Crippen LogP contribution >= 0.6 is 0 Å². The van der Waals surface area contributed by atoms with Gasteiger partial charge >= 0.3 is 24.7 Å². The molecule has 0 amide bonds.